The van der Waals surface area contributed by atoms with Crippen molar-refractivity contribution in [2.75, 3.05) is 6.54 Å². The van der Waals surface area contributed by atoms with E-state index in [4.69, 9.17) is 11.6 Å². The Morgan fingerprint density at radius 2 is 2.16 bits per heavy atom. The number of aliphatic hydroxyl groups excluding tert-OH is 1. The van der Waals surface area contributed by atoms with Crippen LogP contribution >= 0.6 is 22.9 Å². The minimum absolute atomic E-state index is 0.227. The maximum Gasteiger partial charge on any atom is 0.123 e. The summed E-state index contributed by atoms with van der Waals surface area (Å²) < 4.78 is 13.6. The van der Waals surface area contributed by atoms with Crippen LogP contribution in [0.2, 0.25) is 4.34 Å². The van der Waals surface area contributed by atoms with E-state index >= 15 is 0 Å². The molecule has 2 aromatic rings. The van der Waals surface area contributed by atoms with E-state index in [9.17, 15) is 9.50 Å². The van der Waals surface area contributed by atoms with Crippen molar-refractivity contribution in [1.82, 2.24) is 5.32 Å². The lowest BCUT2D eigenvalue weighted by molar-refractivity contribution is 0.178. The van der Waals surface area contributed by atoms with E-state index in [0.717, 1.165) is 16.0 Å². The molecule has 0 aliphatic carbocycles. The summed E-state index contributed by atoms with van der Waals surface area (Å²) in [7, 11) is 0. The number of rotatable bonds is 5. The van der Waals surface area contributed by atoms with E-state index in [-0.39, 0.29) is 5.82 Å². The van der Waals surface area contributed by atoms with Gasteiger partial charge in [0.1, 0.15) is 11.9 Å². The highest BCUT2D eigenvalue weighted by atomic mass is 35.5. The smallest absolute Gasteiger partial charge is 0.123 e. The predicted octanol–water partition coefficient (Wildman–Crippen LogP) is 3.67. The highest BCUT2D eigenvalue weighted by Gasteiger charge is 2.10. The molecule has 2 N–H and O–H groups in total. The Labute approximate surface area is 120 Å². The van der Waals surface area contributed by atoms with Crippen LogP contribution < -0.4 is 5.32 Å². The molecule has 0 bridgehead atoms. The van der Waals surface area contributed by atoms with Crippen LogP contribution in [0.15, 0.2) is 30.3 Å². The Balaban J connectivity index is 1.86. The molecule has 0 saturated carbocycles. The Morgan fingerprint density at radius 3 is 2.79 bits per heavy atom. The normalized spacial score (nSPS) is 12.6. The molecule has 0 aliphatic heterocycles. The first-order valence-electron chi connectivity index (χ1n) is 5.95. The fourth-order valence-corrected chi connectivity index (χ4v) is 2.86. The van der Waals surface area contributed by atoms with Gasteiger partial charge < -0.3 is 10.4 Å². The van der Waals surface area contributed by atoms with Crippen LogP contribution in [-0.4, -0.2) is 11.7 Å². The lowest BCUT2D eigenvalue weighted by Gasteiger charge is -2.11. The molecule has 1 atom stereocenters. The lowest BCUT2D eigenvalue weighted by Crippen LogP contribution is -2.21. The maximum absolute atomic E-state index is 13.0. The van der Waals surface area contributed by atoms with Gasteiger partial charge in [-0.15, -0.1) is 11.3 Å². The molecule has 1 aromatic carbocycles. The molecule has 2 rings (SSSR count). The fourth-order valence-electron chi connectivity index (χ4n) is 1.81. The molecule has 0 aliphatic rings. The Kier molecular flexibility index (Phi) is 4.93. The molecule has 0 saturated heterocycles. The second-order valence-corrected chi connectivity index (χ2v) is 6.11. The minimum atomic E-state index is -0.571. The Hall–Kier alpha value is -0.940. The number of aryl methyl sites for hydroxylation is 1. The van der Waals surface area contributed by atoms with Crippen molar-refractivity contribution in [2.24, 2.45) is 0 Å². The molecule has 0 fully saturated rings. The third-order valence-electron chi connectivity index (χ3n) is 2.88. The van der Waals surface area contributed by atoms with Crippen molar-refractivity contribution in [3.63, 3.8) is 0 Å². The van der Waals surface area contributed by atoms with Gasteiger partial charge in [0.2, 0.25) is 0 Å². The van der Waals surface area contributed by atoms with E-state index in [1.807, 2.05) is 13.0 Å². The molecule has 1 unspecified atom stereocenters. The van der Waals surface area contributed by atoms with Gasteiger partial charge in [0, 0.05) is 18.0 Å². The molecular formula is C14H15ClFNOS. The number of benzene rings is 1. The van der Waals surface area contributed by atoms with Crippen molar-refractivity contribution in [3.8, 4) is 0 Å². The Morgan fingerprint density at radius 1 is 1.37 bits per heavy atom. The standard InChI is InChI=1S/C14H15ClFNOS/c1-9-6-11(16)3-2-10(9)7-17-8-12(18)13-4-5-14(15)19-13/h2-6,12,17-18H,7-8H2,1H3. The Bertz CT molecular complexity index is 558. The van der Waals surface area contributed by atoms with Crippen LogP contribution in [0.5, 0.6) is 0 Å². The largest absolute Gasteiger partial charge is 0.386 e. The van der Waals surface area contributed by atoms with Gasteiger partial charge in [-0.1, -0.05) is 17.7 Å². The summed E-state index contributed by atoms with van der Waals surface area (Å²) >= 11 is 7.19. The number of hydrogen-bond acceptors (Lipinski definition) is 3. The number of nitrogens with one attached hydrogen (secondary N) is 1. The van der Waals surface area contributed by atoms with E-state index in [0.29, 0.717) is 17.4 Å². The van der Waals surface area contributed by atoms with Crippen LogP contribution in [-0.2, 0) is 6.54 Å². The molecule has 1 aromatic heterocycles. The second kappa shape index (κ2) is 6.48. The van der Waals surface area contributed by atoms with E-state index in [1.54, 1.807) is 12.1 Å². The molecule has 0 amide bonds. The highest BCUT2D eigenvalue weighted by molar-refractivity contribution is 7.16. The van der Waals surface area contributed by atoms with Gasteiger partial charge in [-0.3, -0.25) is 0 Å². The molecule has 0 spiro atoms. The SMILES string of the molecule is Cc1cc(F)ccc1CNCC(O)c1ccc(Cl)s1. The van der Waals surface area contributed by atoms with Crippen LogP contribution in [0.25, 0.3) is 0 Å². The highest BCUT2D eigenvalue weighted by Crippen LogP contribution is 2.26. The van der Waals surface area contributed by atoms with Gasteiger partial charge in [0.05, 0.1) is 4.34 Å². The summed E-state index contributed by atoms with van der Waals surface area (Å²) in [5.41, 5.74) is 1.93. The zero-order chi connectivity index (χ0) is 13.8. The van der Waals surface area contributed by atoms with Crippen LogP contribution in [0.3, 0.4) is 0 Å². The molecule has 0 radical (unpaired) electrons. The molecule has 102 valence electrons. The summed E-state index contributed by atoms with van der Waals surface area (Å²) in [6, 6.07) is 8.30. The third-order valence-corrected chi connectivity index (χ3v) is 4.21. The summed E-state index contributed by atoms with van der Waals surface area (Å²) in [5.74, 6) is -0.227. The summed E-state index contributed by atoms with van der Waals surface area (Å²) in [6.45, 7) is 2.91. The zero-order valence-corrected chi connectivity index (χ0v) is 12.1. The zero-order valence-electron chi connectivity index (χ0n) is 10.5. The van der Waals surface area contributed by atoms with Gasteiger partial charge in [0.15, 0.2) is 0 Å². The maximum atomic E-state index is 13.0. The van der Waals surface area contributed by atoms with Crippen molar-refractivity contribution in [2.45, 2.75) is 19.6 Å². The first-order valence-corrected chi connectivity index (χ1v) is 7.15. The quantitative estimate of drug-likeness (QED) is 0.883. The second-order valence-electron chi connectivity index (χ2n) is 4.36. The summed E-state index contributed by atoms with van der Waals surface area (Å²) in [4.78, 5) is 0.841. The molecular weight excluding hydrogens is 285 g/mol. The van der Waals surface area contributed by atoms with Crippen LogP contribution in [0, 0.1) is 12.7 Å². The number of thiophene rings is 1. The third kappa shape index (κ3) is 4.01. The number of halogens is 2. The van der Waals surface area contributed by atoms with Gasteiger partial charge in [-0.25, -0.2) is 4.39 Å². The molecule has 5 heteroatoms. The van der Waals surface area contributed by atoms with E-state index in [2.05, 4.69) is 5.32 Å². The van der Waals surface area contributed by atoms with Gasteiger partial charge in [-0.05, 0) is 42.3 Å². The number of aliphatic hydroxyl groups is 1. The molecule has 2 nitrogen and oxygen atoms in total. The van der Waals surface area contributed by atoms with Gasteiger partial charge >= 0.3 is 0 Å². The first kappa shape index (κ1) is 14.5. The fraction of sp³-hybridized carbons (Fsp3) is 0.286. The minimum Gasteiger partial charge on any atom is -0.386 e. The van der Waals surface area contributed by atoms with Crippen molar-refractivity contribution in [3.05, 3.63) is 56.5 Å². The molecule has 1 heterocycles. The van der Waals surface area contributed by atoms with Crippen LogP contribution in [0.1, 0.15) is 22.1 Å². The first-order chi connectivity index (χ1) is 9.06. The monoisotopic (exact) mass is 299 g/mol. The predicted molar refractivity (Wildman–Crippen MR) is 77.1 cm³/mol. The summed E-state index contributed by atoms with van der Waals surface area (Å²) in [5, 5.41) is 13.1. The van der Waals surface area contributed by atoms with Gasteiger partial charge in [-0.2, -0.15) is 0 Å². The summed E-state index contributed by atoms with van der Waals surface area (Å²) in [6.07, 6.45) is -0.571. The molecule has 19 heavy (non-hydrogen) atoms. The number of hydrogen-bond donors (Lipinski definition) is 2. The lowest BCUT2D eigenvalue weighted by atomic mass is 10.1. The van der Waals surface area contributed by atoms with Crippen molar-refractivity contribution < 1.29 is 9.50 Å². The average Bonchev–Trinajstić information content (AvgIpc) is 2.78. The average molecular weight is 300 g/mol. The van der Waals surface area contributed by atoms with E-state index in [1.165, 1.54) is 23.5 Å². The van der Waals surface area contributed by atoms with Gasteiger partial charge in [0.25, 0.3) is 0 Å². The van der Waals surface area contributed by atoms with Crippen molar-refractivity contribution >= 4 is 22.9 Å². The van der Waals surface area contributed by atoms with Crippen LogP contribution in [0.4, 0.5) is 4.39 Å². The topological polar surface area (TPSA) is 32.3 Å². The van der Waals surface area contributed by atoms with E-state index < -0.39 is 6.10 Å². The van der Waals surface area contributed by atoms with Crippen molar-refractivity contribution in [1.29, 1.82) is 0 Å².